The van der Waals surface area contributed by atoms with Crippen LogP contribution in [0.15, 0.2) is 24.3 Å². The Balaban J connectivity index is 2.90. The average Bonchev–Trinajstić information content (AvgIpc) is 2.15. The van der Waals surface area contributed by atoms with Gasteiger partial charge in [-0.2, -0.15) is 0 Å². The summed E-state index contributed by atoms with van der Waals surface area (Å²) in [6, 6.07) is 6.83. The smallest absolute Gasteiger partial charge is 0.246 e. The van der Waals surface area contributed by atoms with Gasteiger partial charge in [-0.1, -0.05) is 32.4 Å². The number of amides is 1. The summed E-state index contributed by atoms with van der Waals surface area (Å²) in [6.45, 7) is 5.47. The van der Waals surface area contributed by atoms with Crippen LogP contribution in [0.25, 0.3) is 0 Å². The van der Waals surface area contributed by atoms with Crippen molar-refractivity contribution in [1.29, 1.82) is 0 Å². The zero-order chi connectivity index (χ0) is 11.6. The third-order valence-corrected chi connectivity index (χ3v) is 2.22. The Labute approximate surface area is 94.8 Å². The summed E-state index contributed by atoms with van der Waals surface area (Å²) >= 11 is 5.74. The second kappa shape index (κ2) is 4.21. The third-order valence-electron chi connectivity index (χ3n) is 1.97. The number of hydrogen-bond acceptors (Lipinski definition) is 2. The molecule has 1 rings (SSSR count). The number of hydrazine groups is 1. The molecule has 4 heteroatoms. The summed E-state index contributed by atoms with van der Waals surface area (Å²) in [5, 5.41) is 1.77. The number of hydrogen-bond donors (Lipinski definition) is 1. The molecule has 0 aliphatic heterocycles. The van der Waals surface area contributed by atoms with Gasteiger partial charge in [0.05, 0.1) is 5.69 Å². The lowest BCUT2D eigenvalue weighted by Crippen LogP contribution is -2.44. The van der Waals surface area contributed by atoms with Gasteiger partial charge in [0.1, 0.15) is 0 Å². The van der Waals surface area contributed by atoms with E-state index >= 15 is 0 Å². The topological polar surface area (TPSA) is 46.3 Å². The molecule has 0 unspecified atom stereocenters. The Kier molecular flexibility index (Phi) is 3.37. The fraction of sp³-hybridized carbons (Fsp3) is 0.364. The molecule has 0 bridgehead atoms. The average molecular weight is 227 g/mol. The summed E-state index contributed by atoms with van der Waals surface area (Å²) in [4.78, 5) is 11.8. The van der Waals surface area contributed by atoms with Crippen LogP contribution in [0.4, 0.5) is 5.69 Å². The van der Waals surface area contributed by atoms with E-state index in [1.54, 1.807) is 24.3 Å². The molecule has 82 valence electrons. The fourth-order valence-corrected chi connectivity index (χ4v) is 1.21. The maximum absolute atomic E-state index is 11.8. The van der Waals surface area contributed by atoms with Crippen LogP contribution < -0.4 is 10.9 Å². The summed E-state index contributed by atoms with van der Waals surface area (Å²) in [5.41, 5.74) is 0.147. The van der Waals surface area contributed by atoms with Gasteiger partial charge in [0, 0.05) is 10.4 Å². The normalized spacial score (nSPS) is 11.3. The highest BCUT2D eigenvalue weighted by atomic mass is 35.5. The highest BCUT2D eigenvalue weighted by Gasteiger charge is 2.26. The number of nitrogens with two attached hydrogens (primary N) is 1. The van der Waals surface area contributed by atoms with Crippen molar-refractivity contribution in [3.63, 3.8) is 0 Å². The molecular formula is C11H15ClN2O. The number of nitrogens with zero attached hydrogens (tertiary/aromatic N) is 1. The second-order valence-electron chi connectivity index (χ2n) is 4.40. The minimum atomic E-state index is -0.492. The van der Waals surface area contributed by atoms with Crippen LogP contribution in [0.1, 0.15) is 20.8 Å². The standard InChI is InChI=1S/C11H15ClN2O/c1-11(2,3)10(15)14(13)9-6-4-8(12)5-7-9/h4-7H,13H2,1-3H3. The molecule has 0 saturated heterocycles. The number of carbonyl (C=O) groups is 1. The van der Waals surface area contributed by atoms with Gasteiger partial charge in [-0.3, -0.25) is 4.79 Å². The van der Waals surface area contributed by atoms with E-state index in [0.717, 1.165) is 5.01 Å². The van der Waals surface area contributed by atoms with Gasteiger partial charge in [-0.15, -0.1) is 0 Å². The quantitative estimate of drug-likeness (QED) is 0.455. The molecule has 0 radical (unpaired) electrons. The predicted molar refractivity (Wildman–Crippen MR) is 62.6 cm³/mol. The molecule has 1 aromatic carbocycles. The van der Waals surface area contributed by atoms with E-state index in [4.69, 9.17) is 17.4 Å². The molecule has 0 aliphatic rings. The van der Waals surface area contributed by atoms with Crippen LogP contribution in [0.2, 0.25) is 5.02 Å². The van der Waals surface area contributed by atoms with Crippen molar-refractivity contribution >= 4 is 23.2 Å². The SMILES string of the molecule is CC(C)(C)C(=O)N(N)c1ccc(Cl)cc1. The molecule has 15 heavy (non-hydrogen) atoms. The molecule has 0 aromatic heterocycles. The first-order chi connectivity index (χ1) is 6.82. The van der Waals surface area contributed by atoms with Crippen LogP contribution in [-0.2, 0) is 4.79 Å². The maximum atomic E-state index is 11.8. The van der Waals surface area contributed by atoms with E-state index < -0.39 is 5.41 Å². The van der Waals surface area contributed by atoms with Crippen LogP contribution in [0.3, 0.4) is 0 Å². The number of benzene rings is 1. The maximum Gasteiger partial charge on any atom is 0.246 e. The van der Waals surface area contributed by atoms with Crippen molar-refractivity contribution in [2.45, 2.75) is 20.8 Å². The van der Waals surface area contributed by atoms with Gasteiger partial charge < -0.3 is 0 Å². The van der Waals surface area contributed by atoms with Gasteiger partial charge in [0.15, 0.2) is 0 Å². The molecule has 0 saturated carbocycles. The van der Waals surface area contributed by atoms with E-state index in [2.05, 4.69) is 0 Å². The molecule has 0 atom stereocenters. The van der Waals surface area contributed by atoms with Crippen LogP contribution in [0.5, 0.6) is 0 Å². The summed E-state index contributed by atoms with van der Waals surface area (Å²) in [5.74, 6) is 5.58. The molecular weight excluding hydrogens is 212 g/mol. The number of rotatable bonds is 1. The lowest BCUT2D eigenvalue weighted by atomic mass is 9.95. The predicted octanol–water partition coefficient (Wildman–Crippen LogP) is 2.59. The van der Waals surface area contributed by atoms with Crippen molar-refractivity contribution in [2.24, 2.45) is 11.3 Å². The molecule has 0 aliphatic carbocycles. The van der Waals surface area contributed by atoms with Gasteiger partial charge in [0.2, 0.25) is 5.91 Å². The lowest BCUT2D eigenvalue weighted by Gasteiger charge is -2.25. The minimum Gasteiger partial charge on any atom is -0.272 e. The van der Waals surface area contributed by atoms with E-state index in [0.29, 0.717) is 10.7 Å². The highest BCUT2D eigenvalue weighted by molar-refractivity contribution is 6.30. The first-order valence-corrected chi connectivity index (χ1v) is 5.05. The molecule has 2 N–H and O–H groups in total. The zero-order valence-electron chi connectivity index (χ0n) is 9.12. The van der Waals surface area contributed by atoms with Crippen molar-refractivity contribution in [3.05, 3.63) is 29.3 Å². The molecule has 1 amide bonds. The first-order valence-electron chi connectivity index (χ1n) is 4.67. The van der Waals surface area contributed by atoms with E-state index in [1.807, 2.05) is 20.8 Å². The third kappa shape index (κ3) is 2.94. The van der Waals surface area contributed by atoms with Gasteiger partial charge in [-0.25, -0.2) is 10.9 Å². The van der Waals surface area contributed by atoms with Crippen molar-refractivity contribution in [2.75, 3.05) is 5.01 Å². The zero-order valence-corrected chi connectivity index (χ0v) is 9.88. The number of halogens is 1. The van der Waals surface area contributed by atoms with Crippen molar-refractivity contribution in [3.8, 4) is 0 Å². The lowest BCUT2D eigenvalue weighted by molar-refractivity contribution is -0.125. The second-order valence-corrected chi connectivity index (χ2v) is 4.84. The van der Waals surface area contributed by atoms with E-state index in [9.17, 15) is 4.79 Å². The van der Waals surface area contributed by atoms with E-state index in [-0.39, 0.29) is 5.91 Å². The Hall–Kier alpha value is -1.06. The summed E-state index contributed by atoms with van der Waals surface area (Å²) < 4.78 is 0. The van der Waals surface area contributed by atoms with Crippen molar-refractivity contribution in [1.82, 2.24) is 0 Å². The van der Waals surface area contributed by atoms with Crippen LogP contribution >= 0.6 is 11.6 Å². The van der Waals surface area contributed by atoms with Gasteiger partial charge in [-0.05, 0) is 24.3 Å². The van der Waals surface area contributed by atoms with Crippen molar-refractivity contribution < 1.29 is 4.79 Å². The highest BCUT2D eigenvalue weighted by Crippen LogP contribution is 2.21. The Bertz CT molecular complexity index is 354. The monoisotopic (exact) mass is 226 g/mol. The fourth-order valence-electron chi connectivity index (χ4n) is 1.08. The molecule has 1 aromatic rings. The largest absolute Gasteiger partial charge is 0.272 e. The molecule has 3 nitrogen and oxygen atoms in total. The first kappa shape index (κ1) is 12.0. The molecule has 0 fully saturated rings. The minimum absolute atomic E-state index is 0.134. The molecule has 0 spiro atoms. The van der Waals surface area contributed by atoms with Gasteiger partial charge >= 0.3 is 0 Å². The Morgan fingerprint density at radius 2 is 1.73 bits per heavy atom. The number of anilines is 1. The summed E-state index contributed by atoms with van der Waals surface area (Å²) in [6.07, 6.45) is 0. The van der Waals surface area contributed by atoms with Gasteiger partial charge in [0.25, 0.3) is 0 Å². The summed E-state index contributed by atoms with van der Waals surface area (Å²) in [7, 11) is 0. The Morgan fingerprint density at radius 3 is 2.13 bits per heavy atom. The number of carbonyl (C=O) groups excluding carboxylic acids is 1. The Morgan fingerprint density at radius 1 is 1.27 bits per heavy atom. The molecule has 0 heterocycles. The van der Waals surface area contributed by atoms with Crippen LogP contribution in [0, 0.1) is 5.41 Å². The van der Waals surface area contributed by atoms with Crippen LogP contribution in [-0.4, -0.2) is 5.91 Å². The van der Waals surface area contributed by atoms with E-state index in [1.165, 1.54) is 0 Å².